The van der Waals surface area contributed by atoms with Crippen molar-refractivity contribution >= 4 is 5.97 Å². The molecule has 1 unspecified atom stereocenters. The molecule has 0 radical (unpaired) electrons. The fourth-order valence-corrected chi connectivity index (χ4v) is 2.95. The van der Waals surface area contributed by atoms with Gasteiger partial charge in [0.15, 0.2) is 0 Å². The van der Waals surface area contributed by atoms with Gasteiger partial charge in [-0.05, 0) is 31.3 Å². The second kappa shape index (κ2) is 5.10. The summed E-state index contributed by atoms with van der Waals surface area (Å²) >= 11 is 0. The van der Waals surface area contributed by atoms with Crippen LogP contribution in [-0.2, 0) is 19.3 Å². The molecule has 0 bridgehead atoms. The fraction of sp³-hybridized carbons (Fsp3) is 0.643. The van der Waals surface area contributed by atoms with Gasteiger partial charge in [-0.3, -0.25) is 15.2 Å². The summed E-state index contributed by atoms with van der Waals surface area (Å²) < 4.78 is 5.59. The van der Waals surface area contributed by atoms with E-state index in [0.717, 1.165) is 5.57 Å². The summed E-state index contributed by atoms with van der Waals surface area (Å²) in [6.45, 7) is 8.27. The fourth-order valence-electron chi connectivity index (χ4n) is 2.95. The van der Waals surface area contributed by atoms with Crippen molar-refractivity contribution in [3.63, 3.8) is 0 Å². The average molecular weight is 283 g/mol. The van der Waals surface area contributed by atoms with Gasteiger partial charge in [0.1, 0.15) is 11.5 Å². The summed E-state index contributed by atoms with van der Waals surface area (Å²) in [5.41, 5.74) is 2.59. The Balaban J connectivity index is 2.55. The first kappa shape index (κ1) is 14.9. The molecule has 112 valence electrons. The molecule has 0 saturated heterocycles. The van der Waals surface area contributed by atoms with Gasteiger partial charge in [0.2, 0.25) is 5.60 Å². The van der Waals surface area contributed by atoms with Gasteiger partial charge >= 0.3 is 5.97 Å². The van der Waals surface area contributed by atoms with Gasteiger partial charge in [-0.1, -0.05) is 20.8 Å². The maximum Gasteiger partial charge on any atom is 0.380 e. The van der Waals surface area contributed by atoms with Gasteiger partial charge in [0.25, 0.3) is 0 Å². The lowest BCUT2D eigenvalue weighted by atomic mass is 9.69. The monoisotopic (exact) mass is 283 g/mol. The summed E-state index contributed by atoms with van der Waals surface area (Å²) in [7, 11) is 0. The Kier molecular flexibility index (Phi) is 3.80. The molecule has 2 aliphatic rings. The zero-order valence-corrected chi connectivity index (χ0v) is 12.3. The lowest BCUT2D eigenvalue weighted by Crippen LogP contribution is -2.46. The van der Waals surface area contributed by atoms with Gasteiger partial charge in [-0.2, -0.15) is 5.26 Å². The van der Waals surface area contributed by atoms with Crippen LogP contribution in [0.2, 0.25) is 0 Å². The molecule has 0 fully saturated rings. The van der Waals surface area contributed by atoms with Crippen LogP contribution in [0.4, 0.5) is 0 Å². The molecule has 6 heteroatoms. The molecule has 6 nitrogen and oxygen atoms in total. The van der Waals surface area contributed by atoms with Crippen molar-refractivity contribution < 1.29 is 24.5 Å². The maximum atomic E-state index is 12.0. The van der Waals surface area contributed by atoms with E-state index in [4.69, 9.17) is 14.8 Å². The molecule has 2 N–H and O–H groups in total. The Morgan fingerprint density at radius 1 is 1.50 bits per heavy atom. The van der Waals surface area contributed by atoms with Crippen LogP contribution in [0.1, 0.15) is 40.5 Å². The topological polar surface area (TPSA) is 77.0 Å². The van der Waals surface area contributed by atoms with E-state index >= 15 is 0 Å². The number of carbonyl (C=O) groups excluding carboxylic acids is 1. The second-order valence-corrected chi connectivity index (χ2v) is 5.60. The van der Waals surface area contributed by atoms with Gasteiger partial charge < -0.3 is 4.74 Å². The normalized spacial score (nSPS) is 27.6. The van der Waals surface area contributed by atoms with E-state index in [0.29, 0.717) is 30.9 Å². The molecule has 20 heavy (non-hydrogen) atoms. The van der Waals surface area contributed by atoms with Crippen LogP contribution in [-0.4, -0.2) is 23.4 Å². The third-order valence-corrected chi connectivity index (χ3v) is 3.91. The van der Waals surface area contributed by atoms with Crippen LogP contribution in [0.3, 0.4) is 0 Å². The minimum absolute atomic E-state index is 0.302. The van der Waals surface area contributed by atoms with E-state index in [-0.39, 0.29) is 5.41 Å². The van der Waals surface area contributed by atoms with Gasteiger partial charge in [0.05, 0.1) is 6.61 Å². The van der Waals surface area contributed by atoms with Crippen molar-refractivity contribution in [2.45, 2.75) is 46.1 Å². The summed E-state index contributed by atoms with van der Waals surface area (Å²) in [5, 5.41) is 8.80. The largest absolute Gasteiger partial charge is 0.492 e. The van der Waals surface area contributed by atoms with Crippen molar-refractivity contribution in [3.05, 3.63) is 23.1 Å². The van der Waals surface area contributed by atoms with Crippen molar-refractivity contribution in [1.82, 2.24) is 5.48 Å². The number of hydroxylamine groups is 1. The average Bonchev–Trinajstić information content (AvgIpc) is 2.83. The Morgan fingerprint density at radius 2 is 2.20 bits per heavy atom. The zero-order chi connectivity index (χ0) is 15.0. The minimum Gasteiger partial charge on any atom is -0.492 e. The van der Waals surface area contributed by atoms with E-state index in [2.05, 4.69) is 10.4 Å². The SMILES string of the molecule is CCOC1=CCC(C)(C)C2=C1NOC2(CC)C(=O)OO. The number of rotatable bonds is 4. The molecule has 0 aromatic carbocycles. The van der Waals surface area contributed by atoms with Gasteiger partial charge in [0, 0.05) is 5.57 Å². The standard InChI is InChI=1S/C14H21NO5/c1-5-14(12(16)19-17)11-10(15-20-14)9(18-6-2)7-8-13(11,3)4/h7,15,17H,5-6,8H2,1-4H3. The highest BCUT2D eigenvalue weighted by Gasteiger charge is 2.56. The Bertz CT molecular complexity index is 480. The Hall–Kier alpha value is -1.53. The number of nitrogens with one attached hydrogen (secondary N) is 1. The summed E-state index contributed by atoms with van der Waals surface area (Å²) in [6.07, 6.45) is 3.04. The van der Waals surface area contributed by atoms with Crippen LogP contribution < -0.4 is 5.48 Å². The molecule has 0 spiro atoms. The highest BCUT2D eigenvalue weighted by Crippen LogP contribution is 2.50. The molecular formula is C14H21NO5. The second-order valence-electron chi connectivity index (χ2n) is 5.60. The van der Waals surface area contributed by atoms with Crippen molar-refractivity contribution in [2.75, 3.05) is 6.61 Å². The number of ether oxygens (including phenoxy) is 1. The Morgan fingerprint density at radius 3 is 2.75 bits per heavy atom. The van der Waals surface area contributed by atoms with E-state index in [1.807, 2.05) is 33.8 Å². The van der Waals surface area contributed by atoms with Crippen LogP contribution in [0.15, 0.2) is 23.1 Å². The molecular weight excluding hydrogens is 262 g/mol. The summed E-state index contributed by atoms with van der Waals surface area (Å²) in [4.78, 5) is 21.5. The van der Waals surface area contributed by atoms with Crippen LogP contribution in [0, 0.1) is 5.41 Å². The molecule has 0 aromatic heterocycles. The van der Waals surface area contributed by atoms with Crippen molar-refractivity contribution in [2.24, 2.45) is 5.41 Å². The lowest BCUT2D eigenvalue weighted by molar-refractivity contribution is -0.254. The maximum absolute atomic E-state index is 12.0. The first-order valence-corrected chi connectivity index (χ1v) is 6.81. The lowest BCUT2D eigenvalue weighted by Gasteiger charge is -2.36. The number of allylic oxidation sites excluding steroid dienone is 1. The molecule has 0 amide bonds. The molecule has 0 saturated carbocycles. The third kappa shape index (κ3) is 1.99. The highest BCUT2D eigenvalue weighted by molar-refractivity contribution is 5.85. The van der Waals surface area contributed by atoms with Gasteiger partial charge in [-0.25, -0.2) is 4.79 Å². The first-order chi connectivity index (χ1) is 9.43. The summed E-state index contributed by atoms with van der Waals surface area (Å²) in [5.74, 6) is -0.147. The Labute approximate surface area is 118 Å². The van der Waals surface area contributed by atoms with Crippen molar-refractivity contribution in [1.29, 1.82) is 0 Å². The minimum atomic E-state index is -1.32. The number of hydrogen-bond acceptors (Lipinski definition) is 6. The number of carbonyl (C=O) groups is 1. The van der Waals surface area contributed by atoms with E-state index in [1.165, 1.54) is 0 Å². The van der Waals surface area contributed by atoms with E-state index in [1.54, 1.807) is 0 Å². The van der Waals surface area contributed by atoms with Crippen LogP contribution in [0.25, 0.3) is 0 Å². The highest BCUT2D eigenvalue weighted by atomic mass is 17.1. The molecule has 2 rings (SSSR count). The van der Waals surface area contributed by atoms with Crippen molar-refractivity contribution in [3.8, 4) is 0 Å². The predicted octanol–water partition coefficient (Wildman–Crippen LogP) is 2.29. The van der Waals surface area contributed by atoms with Crippen LogP contribution in [0.5, 0.6) is 0 Å². The summed E-state index contributed by atoms with van der Waals surface area (Å²) in [6, 6.07) is 0. The first-order valence-electron chi connectivity index (χ1n) is 6.81. The zero-order valence-electron chi connectivity index (χ0n) is 12.3. The van der Waals surface area contributed by atoms with E-state index in [9.17, 15) is 4.79 Å². The molecule has 1 heterocycles. The molecule has 1 aliphatic heterocycles. The quantitative estimate of drug-likeness (QED) is 0.609. The molecule has 1 aliphatic carbocycles. The molecule has 0 aromatic rings. The van der Waals surface area contributed by atoms with Gasteiger partial charge in [-0.15, -0.1) is 0 Å². The van der Waals surface area contributed by atoms with E-state index < -0.39 is 11.6 Å². The molecule has 1 atom stereocenters. The third-order valence-electron chi connectivity index (χ3n) is 3.91. The number of hydrogen-bond donors (Lipinski definition) is 2. The predicted molar refractivity (Wildman–Crippen MR) is 71.1 cm³/mol. The smallest absolute Gasteiger partial charge is 0.380 e. The van der Waals surface area contributed by atoms with Crippen LogP contribution >= 0.6 is 0 Å².